The standard InChI is InChI=1S/C15H10N2O4S/c18-13-9-3-1-2-4-10(9)14(19)17(13)21-15(20)12-11(8-5-6-8)16-7-22-12/h1-4,7-8H,5-6H2. The van der Waals surface area contributed by atoms with E-state index in [9.17, 15) is 14.4 Å². The molecule has 4 rings (SSSR count). The lowest BCUT2D eigenvalue weighted by Crippen LogP contribution is -2.32. The first-order valence-corrected chi connectivity index (χ1v) is 7.68. The van der Waals surface area contributed by atoms with Gasteiger partial charge in [0.05, 0.1) is 22.3 Å². The largest absolute Gasteiger partial charge is 0.375 e. The van der Waals surface area contributed by atoms with Gasteiger partial charge in [0.25, 0.3) is 11.8 Å². The van der Waals surface area contributed by atoms with Crippen molar-refractivity contribution in [3.63, 3.8) is 0 Å². The van der Waals surface area contributed by atoms with Gasteiger partial charge in [-0.15, -0.1) is 11.3 Å². The summed E-state index contributed by atoms with van der Waals surface area (Å²) in [5, 5.41) is 0.531. The monoisotopic (exact) mass is 314 g/mol. The third kappa shape index (κ3) is 1.93. The van der Waals surface area contributed by atoms with E-state index in [2.05, 4.69) is 4.98 Å². The van der Waals surface area contributed by atoms with Gasteiger partial charge >= 0.3 is 5.97 Å². The van der Waals surface area contributed by atoms with E-state index in [0.717, 1.165) is 24.2 Å². The Hall–Kier alpha value is -2.54. The van der Waals surface area contributed by atoms with Gasteiger partial charge in [0.2, 0.25) is 0 Å². The van der Waals surface area contributed by atoms with Crippen LogP contribution in [0.2, 0.25) is 0 Å². The van der Waals surface area contributed by atoms with Crippen LogP contribution in [0, 0.1) is 0 Å². The Labute approximate surface area is 129 Å². The number of aromatic nitrogens is 1. The van der Waals surface area contributed by atoms with Crippen molar-refractivity contribution in [1.29, 1.82) is 0 Å². The van der Waals surface area contributed by atoms with Gasteiger partial charge in [0.1, 0.15) is 4.88 Å². The van der Waals surface area contributed by atoms with Gasteiger partial charge in [-0.25, -0.2) is 9.78 Å². The van der Waals surface area contributed by atoms with E-state index in [1.54, 1.807) is 17.6 Å². The van der Waals surface area contributed by atoms with E-state index in [0.29, 0.717) is 15.6 Å². The molecule has 6 nitrogen and oxygen atoms in total. The molecular weight excluding hydrogens is 304 g/mol. The summed E-state index contributed by atoms with van der Waals surface area (Å²) in [6, 6.07) is 6.38. The fourth-order valence-corrected chi connectivity index (χ4v) is 3.17. The van der Waals surface area contributed by atoms with Crippen LogP contribution in [-0.4, -0.2) is 27.8 Å². The van der Waals surface area contributed by atoms with Crippen LogP contribution in [0.5, 0.6) is 0 Å². The molecule has 1 saturated carbocycles. The minimum atomic E-state index is -0.709. The van der Waals surface area contributed by atoms with E-state index < -0.39 is 17.8 Å². The molecule has 0 spiro atoms. The van der Waals surface area contributed by atoms with Crippen molar-refractivity contribution in [3.05, 3.63) is 51.5 Å². The highest BCUT2D eigenvalue weighted by molar-refractivity contribution is 7.11. The third-order valence-electron chi connectivity index (χ3n) is 3.68. The maximum atomic E-state index is 12.3. The van der Waals surface area contributed by atoms with Crippen molar-refractivity contribution >= 4 is 29.1 Å². The molecule has 1 aromatic carbocycles. The smallest absolute Gasteiger partial charge is 0.323 e. The Morgan fingerprint density at radius 3 is 2.41 bits per heavy atom. The Balaban J connectivity index is 1.59. The van der Waals surface area contributed by atoms with Gasteiger partial charge in [0.15, 0.2) is 0 Å². The molecule has 2 aliphatic rings. The van der Waals surface area contributed by atoms with Crippen molar-refractivity contribution in [2.45, 2.75) is 18.8 Å². The normalized spacial score (nSPS) is 16.8. The first-order valence-electron chi connectivity index (χ1n) is 6.80. The highest BCUT2D eigenvalue weighted by atomic mass is 32.1. The lowest BCUT2D eigenvalue weighted by Gasteiger charge is -2.12. The Morgan fingerprint density at radius 1 is 1.18 bits per heavy atom. The molecule has 0 unspecified atom stereocenters. The van der Waals surface area contributed by atoms with Gasteiger partial charge in [-0.05, 0) is 25.0 Å². The lowest BCUT2D eigenvalue weighted by molar-refractivity contribution is -0.0582. The van der Waals surface area contributed by atoms with Crippen molar-refractivity contribution in [1.82, 2.24) is 10.0 Å². The fourth-order valence-electron chi connectivity index (χ4n) is 2.43. The highest BCUT2D eigenvalue weighted by Gasteiger charge is 2.40. The van der Waals surface area contributed by atoms with Crippen molar-refractivity contribution in [2.75, 3.05) is 0 Å². The lowest BCUT2D eigenvalue weighted by atomic mass is 10.1. The predicted molar refractivity (Wildman–Crippen MR) is 76.4 cm³/mol. The van der Waals surface area contributed by atoms with Gasteiger partial charge in [-0.3, -0.25) is 9.59 Å². The summed E-state index contributed by atoms with van der Waals surface area (Å²) in [6.45, 7) is 0. The Morgan fingerprint density at radius 2 is 1.82 bits per heavy atom. The number of imide groups is 1. The molecule has 1 aromatic heterocycles. The molecule has 110 valence electrons. The maximum absolute atomic E-state index is 12.3. The number of rotatable bonds is 3. The van der Waals surface area contributed by atoms with E-state index in [1.807, 2.05) is 0 Å². The van der Waals surface area contributed by atoms with Crippen LogP contribution in [-0.2, 0) is 4.84 Å². The highest BCUT2D eigenvalue weighted by Crippen LogP contribution is 2.42. The molecular formula is C15H10N2O4S. The molecule has 0 bridgehead atoms. The van der Waals surface area contributed by atoms with Crippen molar-refractivity contribution in [2.24, 2.45) is 0 Å². The number of hydrogen-bond acceptors (Lipinski definition) is 6. The number of nitrogens with zero attached hydrogens (tertiary/aromatic N) is 2. The molecule has 1 aliphatic heterocycles. The molecule has 0 atom stereocenters. The topological polar surface area (TPSA) is 76.6 Å². The molecule has 2 aromatic rings. The number of carbonyl (C=O) groups is 3. The molecule has 1 aliphatic carbocycles. The molecule has 7 heteroatoms. The quantitative estimate of drug-likeness (QED) is 0.813. The zero-order valence-corrected chi connectivity index (χ0v) is 12.1. The van der Waals surface area contributed by atoms with Crippen LogP contribution in [0.15, 0.2) is 29.8 Å². The summed E-state index contributed by atoms with van der Waals surface area (Å²) in [5.41, 5.74) is 2.76. The summed E-state index contributed by atoms with van der Waals surface area (Å²) >= 11 is 1.16. The zero-order valence-electron chi connectivity index (χ0n) is 11.3. The molecule has 22 heavy (non-hydrogen) atoms. The third-order valence-corrected chi connectivity index (χ3v) is 4.50. The zero-order chi connectivity index (χ0) is 15.3. The number of amides is 2. The SMILES string of the molecule is O=C(ON1C(=O)c2ccccc2C1=O)c1scnc1C1CC1. The van der Waals surface area contributed by atoms with E-state index in [-0.39, 0.29) is 17.0 Å². The molecule has 0 saturated heterocycles. The predicted octanol–water partition coefficient (Wildman–Crippen LogP) is 2.39. The molecule has 1 fully saturated rings. The second-order valence-electron chi connectivity index (χ2n) is 5.17. The molecule has 2 heterocycles. The van der Waals surface area contributed by atoms with E-state index in [4.69, 9.17) is 4.84 Å². The number of benzene rings is 1. The molecule has 0 N–H and O–H groups in total. The summed E-state index contributed by atoms with van der Waals surface area (Å²) < 4.78 is 0. The fraction of sp³-hybridized carbons (Fsp3) is 0.200. The Kier molecular flexibility index (Phi) is 2.83. The second kappa shape index (κ2) is 4.74. The summed E-state index contributed by atoms with van der Waals surface area (Å²) in [6.07, 6.45) is 1.99. The summed E-state index contributed by atoms with van der Waals surface area (Å²) in [5.74, 6) is -1.66. The number of fused-ring (bicyclic) bond motifs is 1. The van der Waals surface area contributed by atoms with Crippen LogP contribution in [0.3, 0.4) is 0 Å². The maximum Gasteiger partial charge on any atom is 0.375 e. The number of hydroxylamine groups is 2. The summed E-state index contributed by atoms with van der Waals surface area (Å²) in [4.78, 5) is 46.2. The number of hydrogen-bond donors (Lipinski definition) is 0. The van der Waals surface area contributed by atoms with Gasteiger partial charge in [-0.2, -0.15) is 0 Å². The number of thiazole rings is 1. The minimum absolute atomic E-state index is 0.243. The van der Waals surface area contributed by atoms with E-state index >= 15 is 0 Å². The van der Waals surface area contributed by atoms with Crippen LogP contribution >= 0.6 is 11.3 Å². The second-order valence-corrected chi connectivity index (χ2v) is 6.02. The van der Waals surface area contributed by atoms with Gasteiger partial charge < -0.3 is 4.84 Å². The van der Waals surface area contributed by atoms with E-state index in [1.165, 1.54) is 12.1 Å². The first kappa shape index (κ1) is 13.1. The average Bonchev–Trinajstić information content (AvgIpc) is 3.22. The number of carbonyl (C=O) groups excluding carboxylic acids is 3. The average molecular weight is 314 g/mol. The van der Waals surface area contributed by atoms with Crippen molar-refractivity contribution in [3.8, 4) is 0 Å². The molecule has 2 amide bonds. The molecule has 0 radical (unpaired) electrons. The van der Waals surface area contributed by atoms with Crippen molar-refractivity contribution < 1.29 is 19.2 Å². The minimum Gasteiger partial charge on any atom is -0.323 e. The summed E-state index contributed by atoms with van der Waals surface area (Å²) in [7, 11) is 0. The van der Waals surface area contributed by atoms with Gasteiger partial charge in [-0.1, -0.05) is 17.2 Å². The Bertz CT molecular complexity index is 774. The van der Waals surface area contributed by atoms with Crippen LogP contribution in [0.4, 0.5) is 0 Å². The van der Waals surface area contributed by atoms with Gasteiger partial charge in [0, 0.05) is 5.92 Å². The van der Waals surface area contributed by atoms with Crippen LogP contribution < -0.4 is 0 Å². The van der Waals surface area contributed by atoms with Crippen LogP contribution in [0.25, 0.3) is 0 Å². The first-order chi connectivity index (χ1) is 10.7. The van der Waals surface area contributed by atoms with Crippen LogP contribution in [0.1, 0.15) is 54.8 Å².